The van der Waals surface area contributed by atoms with E-state index in [1.165, 1.54) is 0 Å². The van der Waals surface area contributed by atoms with Gasteiger partial charge in [0.1, 0.15) is 5.82 Å². The van der Waals surface area contributed by atoms with Gasteiger partial charge in [-0.2, -0.15) is 0 Å². The average Bonchev–Trinajstić information content (AvgIpc) is 2.50. The quantitative estimate of drug-likeness (QED) is 0.897. The Hall–Kier alpha value is -1.33. The fourth-order valence-electron chi connectivity index (χ4n) is 3.72. The lowest BCUT2D eigenvalue weighted by Gasteiger charge is -2.36. The summed E-state index contributed by atoms with van der Waals surface area (Å²) in [6, 6.07) is 5.23. The number of nitrogens with one attached hydrogen (secondary N) is 1. The van der Waals surface area contributed by atoms with E-state index in [-0.39, 0.29) is 12.2 Å². The Morgan fingerprint density at radius 1 is 1.13 bits per heavy atom. The Morgan fingerprint density at radius 3 is 2.39 bits per heavy atom. The molecule has 1 saturated heterocycles. The van der Waals surface area contributed by atoms with Crippen molar-refractivity contribution < 1.29 is 4.74 Å². The van der Waals surface area contributed by atoms with Crippen molar-refractivity contribution in [1.82, 2.24) is 4.98 Å². The second kappa shape index (κ2) is 7.05. The van der Waals surface area contributed by atoms with Crippen molar-refractivity contribution in [1.29, 1.82) is 0 Å². The van der Waals surface area contributed by atoms with Crippen LogP contribution in [-0.4, -0.2) is 42.4 Å². The van der Waals surface area contributed by atoms with Gasteiger partial charge in [-0.05, 0) is 58.6 Å². The molecule has 1 aliphatic carbocycles. The van der Waals surface area contributed by atoms with Gasteiger partial charge in [-0.25, -0.2) is 4.98 Å². The molecule has 128 valence electrons. The molecular weight excluding hydrogens is 288 g/mol. The van der Waals surface area contributed by atoms with Crippen molar-refractivity contribution in [2.75, 3.05) is 23.3 Å². The van der Waals surface area contributed by atoms with E-state index in [2.05, 4.69) is 43.1 Å². The first kappa shape index (κ1) is 16.5. The van der Waals surface area contributed by atoms with Crippen LogP contribution in [0.4, 0.5) is 11.5 Å². The minimum Gasteiger partial charge on any atom is -0.381 e. The second-order valence-corrected chi connectivity index (χ2v) is 7.22. The summed E-state index contributed by atoms with van der Waals surface area (Å²) >= 11 is 0. The summed E-state index contributed by atoms with van der Waals surface area (Å²) in [5.41, 5.74) is 8.22. The van der Waals surface area contributed by atoms with Crippen LogP contribution in [0.1, 0.15) is 45.2 Å². The van der Waals surface area contributed by atoms with Gasteiger partial charge in [-0.3, -0.25) is 0 Å². The smallest absolute Gasteiger partial charge is 0.129 e. The van der Waals surface area contributed by atoms with Crippen LogP contribution in [0.15, 0.2) is 12.1 Å². The molecule has 23 heavy (non-hydrogen) atoms. The van der Waals surface area contributed by atoms with Crippen LogP contribution in [0.2, 0.25) is 0 Å². The molecule has 0 amide bonds. The highest BCUT2D eigenvalue weighted by molar-refractivity contribution is 5.54. The molecule has 5 heteroatoms. The minimum atomic E-state index is 0.255. The molecule has 0 bridgehead atoms. The molecule has 5 nitrogen and oxygen atoms in total. The Morgan fingerprint density at radius 2 is 1.78 bits per heavy atom. The fraction of sp³-hybridized carbons (Fsp3) is 0.722. The van der Waals surface area contributed by atoms with Crippen LogP contribution in [0, 0.1) is 6.92 Å². The fourth-order valence-corrected chi connectivity index (χ4v) is 3.72. The number of hydrogen-bond acceptors (Lipinski definition) is 5. The molecule has 2 atom stereocenters. The minimum absolute atomic E-state index is 0.255. The number of morpholine rings is 1. The molecule has 0 unspecified atom stereocenters. The van der Waals surface area contributed by atoms with Gasteiger partial charge >= 0.3 is 0 Å². The lowest BCUT2D eigenvalue weighted by atomic mass is 9.91. The van der Waals surface area contributed by atoms with Gasteiger partial charge in [0.25, 0.3) is 0 Å². The lowest BCUT2D eigenvalue weighted by molar-refractivity contribution is -0.00546. The Labute approximate surface area is 139 Å². The van der Waals surface area contributed by atoms with Crippen LogP contribution < -0.4 is 16.0 Å². The largest absolute Gasteiger partial charge is 0.381 e. The zero-order chi connectivity index (χ0) is 16.4. The first-order valence-electron chi connectivity index (χ1n) is 8.91. The SMILES string of the molecule is Cc1nc(N2C[C@@H](C)O[C@@H](C)C2)ccc1NC1CCC(N)CC1. The number of ether oxygens (including phenoxy) is 1. The second-order valence-electron chi connectivity index (χ2n) is 7.22. The zero-order valence-electron chi connectivity index (χ0n) is 14.6. The summed E-state index contributed by atoms with van der Waals surface area (Å²) in [7, 11) is 0. The number of nitrogens with two attached hydrogens (primary N) is 1. The third kappa shape index (κ3) is 4.15. The van der Waals surface area contributed by atoms with Crippen LogP contribution in [0.5, 0.6) is 0 Å². The van der Waals surface area contributed by atoms with Crippen molar-refractivity contribution in [3.63, 3.8) is 0 Å². The van der Waals surface area contributed by atoms with Gasteiger partial charge < -0.3 is 20.7 Å². The van der Waals surface area contributed by atoms with E-state index in [1.807, 2.05) is 0 Å². The predicted octanol–water partition coefficient (Wildman–Crippen LogP) is 2.69. The molecule has 1 aromatic rings. The molecule has 3 rings (SSSR count). The summed E-state index contributed by atoms with van der Waals surface area (Å²) < 4.78 is 5.81. The molecule has 2 heterocycles. The molecule has 0 aromatic carbocycles. The summed E-state index contributed by atoms with van der Waals surface area (Å²) in [4.78, 5) is 7.16. The summed E-state index contributed by atoms with van der Waals surface area (Å²) in [5.74, 6) is 1.06. The Balaban J connectivity index is 1.66. The summed E-state index contributed by atoms with van der Waals surface area (Å²) in [6.07, 6.45) is 5.05. The van der Waals surface area contributed by atoms with Crippen LogP contribution in [-0.2, 0) is 4.74 Å². The maximum Gasteiger partial charge on any atom is 0.129 e. The van der Waals surface area contributed by atoms with Gasteiger partial charge in [0.15, 0.2) is 0 Å². The monoisotopic (exact) mass is 318 g/mol. The molecule has 0 spiro atoms. The number of pyridine rings is 1. The molecule has 2 fully saturated rings. The van der Waals surface area contributed by atoms with E-state index in [9.17, 15) is 0 Å². The van der Waals surface area contributed by atoms with Gasteiger partial charge in [-0.15, -0.1) is 0 Å². The summed E-state index contributed by atoms with van der Waals surface area (Å²) in [6.45, 7) is 8.15. The Bertz CT molecular complexity index is 518. The number of rotatable bonds is 3. The third-order valence-electron chi connectivity index (χ3n) is 4.95. The first-order valence-corrected chi connectivity index (χ1v) is 8.91. The van der Waals surface area contributed by atoms with E-state index in [4.69, 9.17) is 15.5 Å². The Kier molecular flexibility index (Phi) is 5.07. The molecule has 1 saturated carbocycles. The normalized spacial score (nSPS) is 31.9. The number of nitrogens with zero attached hydrogens (tertiary/aromatic N) is 2. The maximum atomic E-state index is 5.99. The van der Waals surface area contributed by atoms with Crippen molar-refractivity contribution in [3.8, 4) is 0 Å². The number of aryl methyl sites for hydroxylation is 1. The van der Waals surface area contributed by atoms with E-state index in [0.29, 0.717) is 12.1 Å². The molecule has 1 aliphatic heterocycles. The standard InChI is InChI=1S/C18H30N4O/c1-12-10-22(11-13(2)23-12)18-9-8-17(14(3)20-18)21-16-6-4-15(19)5-7-16/h8-9,12-13,15-16,21H,4-7,10-11,19H2,1-3H3/t12-,13+,15?,16?. The van der Waals surface area contributed by atoms with Crippen LogP contribution >= 0.6 is 0 Å². The topological polar surface area (TPSA) is 63.4 Å². The summed E-state index contributed by atoms with van der Waals surface area (Å²) in [5, 5.41) is 3.66. The zero-order valence-corrected chi connectivity index (χ0v) is 14.6. The lowest BCUT2D eigenvalue weighted by Crippen LogP contribution is -2.45. The molecule has 1 aromatic heterocycles. The van der Waals surface area contributed by atoms with E-state index in [1.54, 1.807) is 0 Å². The highest BCUT2D eigenvalue weighted by atomic mass is 16.5. The average molecular weight is 318 g/mol. The van der Waals surface area contributed by atoms with Crippen molar-refractivity contribution in [3.05, 3.63) is 17.8 Å². The van der Waals surface area contributed by atoms with Crippen LogP contribution in [0.25, 0.3) is 0 Å². The van der Waals surface area contributed by atoms with E-state index >= 15 is 0 Å². The number of hydrogen-bond donors (Lipinski definition) is 2. The highest BCUT2D eigenvalue weighted by Crippen LogP contribution is 2.25. The van der Waals surface area contributed by atoms with Crippen molar-refractivity contribution in [2.45, 2.75) is 70.7 Å². The predicted molar refractivity (Wildman–Crippen MR) is 95.1 cm³/mol. The third-order valence-corrected chi connectivity index (χ3v) is 4.95. The van der Waals surface area contributed by atoms with Crippen LogP contribution in [0.3, 0.4) is 0 Å². The van der Waals surface area contributed by atoms with Crippen molar-refractivity contribution >= 4 is 11.5 Å². The maximum absolute atomic E-state index is 5.99. The van der Waals surface area contributed by atoms with E-state index in [0.717, 1.165) is 56.0 Å². The molecular formula is C18H30N4O. The molecule has 0 radical (unpaired) electrons. The van der Waals surface area contributed by atoms with Gasteiger partial charge in [0.05, 0.1) is 23.6 Å². The molecule has 2 aliphatic rings. The number of anilines is 2. The highest BCUT2D eigenvalue weighted by Gasteiger charge is 2.24. The molecule has 3 N–H and O–H groups in total. The first-order chi connectivity index (χ1) is 11.0. The van der Waals surface area contributed by atoms with Crippen molar-refractivity contribution in [2.24, 2.45) is 5.73 Å². The number of aromatic nitrogens is 1. The van der Waals surface area contributed by atoms with E-state index < -0.39 is 0 Å². The van der Waals surface area contributed by atoms with Gasteiger partial charge in [0, 0.05) is 25.2 Å². The van der Waals surface area contributed by atoms with Gasteiger partial charge in [-0.1, -0.05) is 0 Å². The van der Waals surface area contributed by atoms with Gasteiger partial charge in [0.2, 0.25) is 0 Å².